The number of carboxylic acids is 1. The first kappa shape index (κ1) is 14.2. The molecule has 60 valence electrons. The summed E-state index contributed by atoms with van der Waals surface area (Å²) in [5.74, 6) is -0.951. The van der Waals surface area contributed by atoms with Crippen LogP contribution in [-0.2, 0) is 4.79 Å². The van der Waals surface area contributed by atoms with Crippen LogP contribution in [0.15, 0.2) is 0 Å². The third-order valence-electron chi connectivity index (χ3n) is 2.39. The van der Waals surface area contributed by atoms with Crippen molar-refractivity contribution < 1.29 is 39.5 Å². The molecule has 2 nitrogen and oxygen atoms in total. The van der Waals surface area contributed by atoms with Gasteiger partial charge in [-0.05, 0) is 5.04 Å². The molecule has 0 radical (unpaired) electrons. The molecule has 0 saturated heterocycles. The number of rotatable bonds is 2. The van der Waals surface area contributed by atoms with E-state index in [0.717, 1.165) is 10.2 Å². The van der Waals surface area contributed by atoms with Crippen LogP contribution in [0.3, 0.4) is 0 Å². The van der Waals surface area contributed by atoms with Crippen LogP contribution in [-0.4, -0.2) is 16.2 Å². The molecule has 0 unspecified atom stereocenters. The van der Waals surface area contributed by atoms with Crippen LogP contribution in [0.5, 0.6) is 0 Å². The zero-order valence-electron chi connectivity index (χ0n) is 8.32. The van der Waals surface area contributed by atoms with Crippen molar-refractivity contribution in [2.45, 2.75) is 32.7 Å². The van der Waals surface area contributed by atoms with Gasteiger partial charge < -0.3 is 9.90 Å². The van der Waals surface area contributed by atoms with Gasteiger partial charge in [-0.25, -0.2) is 0 Å². The van der Waals surface area contributed by atoms with Crippen LogP contribution in [0.1, 0.15) is 27.7 Å². The normalized spacial score (nSPS) is 12.4. The zero-order valence-corrected chi connectivity index (χ0v) is 12.3. The van der Waals surface area contributed by atoms with Crippen LogP contribution < -0.4 is 34.7 Å². The summed E-state index contributed by atoms with van der Waals surface area (Å²) >= 11 is 0. The van der Waals surface area contributed by atoms with E-state index in [4.69, 9.17) is 0 Å². The molecule has 0 aromatic heterocycles. The maximum atomic E-state index is 10.6. The van der Waals surface area contributed by atoms with E-state index in [-0.39, 0.29) is 34.6 Å². The van der Waals surface area contributed by atoms with Crippen LogP contribution in [0.25, 0.3) is 0 Å². The summed E-state index contributed by atoms with van der Waals surface area (Å²) in [4.78, 5) is 10.6. The predicted octanol–water partition coefficient (Wildman–Crippen LogP) is -3.67. The quantitative estimate of drug-likeness (QED) is 0.413. The Morgan fingerprint density at radius 3 is 1.55 bits per heavy atom. The summed E-state index contributed by atoms with van der Waals surface area (Å²) in [7, 11) is 0.863. The Kier molecular flexibility index (Phi) is 5.27. The number of carbonyl (C=O) groups is 1. The summed E-state index contributed by atoms with van der Waals surface area (Å²) in [6.07, 6.45) is 0. The molecule has 0 fully saturated rings. The van der Waals surface area contributed by atoms with Gasteiger partial charge in [0, 0.05) is 21.6 Å². The minimum atomic E-state index is -0.951. The van der Waals surface area contributed by atoms with E-state index in [9.17, 15) is 9.90 Å². The summed E-state index contributed by atoms with van der Waals surface area (Å²) in [5, 5.41) is 10.5. The van der Waals surface area contributed by atoms with Gasteiger partial charge in [0.15, 0.2) is 0 Å². The smallest absolute Gasteiger partial charge is 0.550 e. The Balaban J connectivity index is 0. The summed E-state index contributed by atoms with van der Waals surface area (Å²) in [5.41, 5.74) is -0.695. The van der Waals surface area contributed by atoms with Gasteiger partial charge in [-0.15, -0.1) is 0 Å². The Bertz CT molecular complexity index is 149. The molecule has 0 bridgehead atoms. The predicted molar refractivity (Wildman–Crippen MR) is 42.8 cm³/mol. The molecule has 0 aliphatic rings. The van der Waals surface area contributed by atoms with Gasteiger partial charge in [-0.2, -0.15) is 0 Å². The largest absolute Gasteiger partial charge is 1.00 e. The van der Waals surface area contributed by atoms with Crippen LogP contribution >= 0.6 is 0 Å². The summed E-state index contributed by atoms with van der Waals surface area (Å²) in [6, 6.07) is 0. The fourth-order valence-corrected chi connectivity index (χ4v) is 0.510. The van der Waals surface area contributed by atoms with E-state index < -0.39 is 11.4 Å². The van der Waals surface area contributed by atoms with E-state index in [2.05, 4.69) is 0 Å². The van der Waals surface area contributed by atoms with Gasteiger partial charge in [0.25, 0.3) is 0 Å². The molecule has 0 aromatic carbocycles. The standard InChI is InChI=1S/C7H16O2Si.Na/c1-6(2,5(8)9)7(3,4)10;/h1-4,10H3,(H,8,9);/q;+1/p-1. The van der Waals surface area contributed by atoms with Gasteiger partial charge >= 0.3 is 29.6 Å². The minimum absolute atomic E-state index is 0. The SMILES string of the molecule is CC(C)([SiH3])C(C)(C)C(=O)[O-].[Na+]. The molecule has 0 spiro atoms. The first-order valence-electron chi connectivity index (χ1n) is 3.41. The molecule has 0 heterocycles. The van der Waals surface area contributed by atoms with Gasteiger partial charge in [0.05, 0.1) is 0 Å². The third-order valence-corrected chi connectivity index (χ3v) is 3.64. The Morgan fingerprint density at radius 2 is 1.55 bits per heavy atom. The first-order chi connectivity index (χ1) is 4.19. The molecule has 0 aromatic rings. The molecule has 0 aliphatic heterocycles. The van der Waals surface area contributed by atoms with Crippen LogP contribution in [0.4, 0.5) is 0 Å². The van der Waals surface area contributed by atoms with Crippen molar-refractivity contribution in [3.05, 3.63) is 0 Å². The number of hydrogen-bond acceptors (Lipinski definition) is 2. The Labute approximate surface area is 93.5 Å². The molecule has 0 saturated carbocycles. The number of hydrogen-bond donors (Lipinski definition) is 0. The minimum Gasteiger partial charge on any atom is -0.550 e. The van der Waals surface area contributed by atoms with Crippen molar-refractivity contribution in [1.29, 1.82) is 0 Å². The van der Waals surface area contributed by atoms with Crippen molar-refractivity contribution in [3.8, 4) is 0 Å². The van der Waals surface area contributed by atoms with Crippen molar-refractivity contribution in [2.75, 3.05) is 0 Å². The van der Waals surface area contributed by atoms with E-state index in [1.54, 1.807) is 13.8 Å². The van der Waals surface area contributed by atoms with E-state index in [1.807, 2.05) is 13.8 Å². The van der Waals surface area contributed by atoms with E-state index in [0.29, 0.717) is 0 Å². The molecule has 0 atom stereocenters. The van der Waals surface area contributed by atoms with Crippen LogP contribution in [0, 0.1) is 5.41 Å². The molecule has 0 rings (SSSR count). The van der Waals surface area contributed by atoms with Crippen molar-refractivity contribution in [2.24, 2.45) is 5.41 Å². The number of aliphatic carboxylic acids is 1. The fourth-order valence-electron chi connectivity index (χ4n) is 0.306. The Hall–Kier alpha value is 0.687. The van der Waals surface area contributed by atoms with Gasteiger partial charge in [0.2, 0.25) is 0 Å². The maximum Gasteiger partial charge on any atom is 1.00 e. The molecular formula is C7H15NaO2Si. The second kappa shape index (κ2) is 4.08. The van der Waals surface area contributed by atoms with Crippen molar-refractivity contribution >= 4 is 16.2 Å². The first-order valence-corrected chi connectivity index (χ1v) is 4.41. The Morgan fingerprint density at radius 1 is 1.27 bits per heavy atom. The fraction of sp³-hybridized carbons (Fsp3) is 0.857. The average molecular weight is 182 g/mol. The van der Waals surface area contributed by atoms with E-state index >= 15 is 0 Å². The monoisotopic (exact) mass is 182 g/mol. The van der Waals surface area contributed by atoms with Crippen LogP contribution in [0.2, 0.25) is 5.04 Å². The molecular weight excluding hydrogens is 167 g/mol. The molecule has 4 heteroatoms. The van der Waals surface area contributed by atoms with Gasteiger partial charge in [-0.1, -0.05) is 27.7 Å². The zero-order chi connectivity index (χ0) is 8.58. The maximum absolute atomic E-state index is 10.6. The molecule has 0 amide bonds. The van der Waals surface area contributed by atoms with Crippen molar-refractivity contribution in [1.82, 2.24) is 0 Å². The summed E-state index contributed by atoms with van der Waals surface area (Å²) < 4.78 is 0. The summed E-state index contributed by atoms with van der Waals surface area (Å²) in [6.45, 7) is 7.34. The van der Waals surface area contributed by atoms with E-state index in [1.165, 1.54) is 0 Å². The number of carboxylic acid groups (broad SMARTS) is 1. The van der Waals surface area contributed by atoms with Gasteiger partial charge in [-0.3, -0.25) is 0 Å². The average Bonchev–Trinajstić information content (AvgIpc) is 1.62. The molecule has 11 heavy (non-hydrogen) atoms. The van der Waals surface area contributed by atoms with Gasteiger partial charge in [0.1, 0.15) is 0 Å². The second-order valence-corrected chi connectivity index (χ2v) is 6.66. The second-order valence-electron chi connectivity index (χ2n) is 4.16. The number of carbonyl (C=O) groups excluding carboxylic acids is 1. The molecule has 0 aliphatic carbocycles. The topological polar surface area (TPSA) is 40.1 Å². The third kappa shape index (κ3) is 3.28. The molecule has 0 N–H and O–H groups in total. The van der Waals surface area contributed by atoms with Crippen molar-refractivity contribution in [3.63, 3.8) is 0 Å².